The van der Waals surface area contributed by atoms with Crippen LogP contribution in [0.25, 0.3) is 0 Å². The lowest BCUT2D eigenvalue weighted by atomic mass is 10.1. The second-order valence-corrected chi connectivity index (χ2v) is 13.0. The summed E-state index contributed by atoms with van der Waals surface area (Å²) in [7, 11) is -2.81. The second kappa shape index (κ2) is 12.8. The zero-order valence-corrected chi connectivity index (χ0v) is 25.4. The van der Waals surface area contributed by atoms with E-state index in [1.165, 1.54) is 48.4 Å². The largest absolute Gasteiger partial charge is 0.497 e. The zero-order valence-electron chi connectivity index (χ0n) is 23.0. The normalized spacial score (nSPS) is 12.4. The number of benzene rings is 3. The number of nitrogens with zero attached hydrogens (tertiary/aromatic N) is 2. The minimum Gasteiger partial charge on any atom is -0.497 e. The Labute approximate surface area is 243 Å². The number of rotatable bonds is 10. The van der Waals surface area contributed by atoms with Crippen molar-refractivity contribution in [2.24, 2.45) is 0 Å². The first-order chi connectivity index (χ1) is 18.7. The number of halogens is 2. The Morgan fingerprint density at radius 1 is 1.02 bits per heavy atom. The first kappa shape index (κ1) is 31.1. The highest BCUT2D eigenvalue weighted by Crippen LogP contribution is 2.26. The van der Waals surface area contributed by atoms with Crippen LogP contribution in [0.1, 0.15) is 33.3 Å². The Hall–Kier alpha value is -3.44. The molecule has 0 aliphatic carbocycles. The van der Waals surface area contributed by atoms with E-state index in [4.69, 9.17) is 4.74 Å². The molecule has 2 amide bonds. The first-order valence-electron chi connectivity index (χ1n) is 12.5. The van der Waals surface area contributed by atoms with Crippen molar-refractivity contribution in [3.63, 3.8) is 0 Å². The Morgan fingerprint density at radius 3 is 2.20 bits per heavy atom. The fourth-order valence-electron chi connectivity index (χ4n) is 3.90. The van der Waals surface area contributed by atoms with Gasteiger partial charge in [-0.25, -0.2) is 12.8 Å². The van der Waals surface area contributed by atoms with Gasteiger partial charge in [0.25, 0.3) is 10.0 Å². The number of sulfonamides is 1. The fourth-order valence-corrected chi connectivity index (χ4v) is 5.76. The van der Waals surface area contributed by atoms with Crippen molar-refractivity contribution < 1.29 is 27.1 Å². The van der Waals surface area contributed by atoms with Crippen molar-refractivity contribution in [2.45, 2.75) is 50.7 Å². The van der Waals surface area contributed by atoms with Gasteiger partial charge >= 0.3 is 0 Å². The van der Waals surface area contributed by atoms with E-state index in [0.717, 1.165) is 26.5 Å². The summed E-state index contributed by atoms with van der Waals surface area (Å²) in [5.74, 6) is -1.09. The molecule has 1 N–H and O–H groups in total. The third-order valence-corrected chi connectivity index (χ3v) is 8.23. The predicted octanol–water partition coefficient (Wildman–Crippen LogP) is 5.12. The number of amides is 2. The molecular weight excluding hydrogens is 601 g/mol. The van der Waals surface area contributed by atoms with Gasteiger partial charge in [0.2, 0.25) is 11.8 Å². The average molecular weight is 635 g/mol. The van der Waals surface area contributed by atoms with E-state index in [9.17, 15) is 22.4 Å². The van der Waals surface area contributed by atoms with Crippen LogP contribution in [-0.4, -0.2) is 50.4 Å². The van der Waals surface area contributed by atoms with Gasteiger partial charge in [-0.15, -0.1) is 0 Å². The highest BCUT2D eigenvalue weighted by atomic mass is 79.9. The number of ether oxygens (including phenoxy) is 1. The van der Waals surface area contributed by atoms with Crippen LogP contribution >= 0.6 is 15.9 Å². The molecule has 0 radical (unpaired) electrons. The minimum absolute atomic E-state index is 0.0524. The molecule has 1 atom stereocenters. The van der Waals surface area contributed by atoms with E-state index >= 15 is 0 Å². The molecule has 8 nitrogen and oxygen atoms in total. The Morgan fingerprint density at radius 2 is 1.65 bits per heavy atom. The average Bonchev–Trinajstić information content (AvgIpc) is 2.89. The SMILES string of the molecule is COc1ccc(S(=O)(=O)N(CC(=O)N(Cc2cccc(Br)c2)[C@@H](C)C(=O)NC(C)(C)C)c2ccc(F)cc2)cc1. The minimum atomic E-state index is -4.28. The number of carbonyl (C=O) groups is 2. The van der Waals surface area contributed by atoms with Gasteiger partial charge in [-0.3, -0.25) is 13.9 Å². The second-order valence-electron chi connectivity index (χ2n) is 10.2. The maximum Gasteiger partial charge on any atom is 0.264 e. The summed E-state index contributed by atoms with van der Waals surface area (Å²) in [5.41, 5.74) is 0.289. The summed E-state index contributed by atoms with van der Waals surface area (Å²) in [4.78, 5) is 28.3. The van der Waals surface area contributed by atoms with Gasteiger partial charge < -0.3 is 15.0 Å². The zero-order chi connectivity index (χ0) is 29.7. The molecule has 0 saturated carbocycles. The number of carbonyl (C=O) groups excluding carboxylic acids is 2. The Balaban J connectivity index is 2.03. The van der Waals surface area contributed by atoms with Gasteiger partial charge in [0.15, 0.2) is 0 Å². The summed E-state index contributed by atoms with van der Waals surface area (Å²) in [6, 6.07) is 16.9. The summed E-state index contributed by atoms with van der Waals surface area (Å²) >= 11 is 3.42. The molecule has 0 heterocycles. The summed E-state index contributed by atoms with van der Waals surface area (Å²) in [5, 5.41) is 2.88. The molecule has 3 aromatic rings. The van der Waals surface area contributed by atoms with Gasteiger partial charge in [0.1, 0.15) is 24.2 Å². The number of hydrogen-bond acceptors (Lipinski definition) is 5. The van der Waals surface area contributed by atoms with Crippen molar-refractivity contribution in [1.82, 2.24) is 10.2 Å². The highest BCUT2D eigenvalue weighted by Gasteiger charge is 2.33. The van der Waals surface area contributed by atoms with E-state index in [1.54, 1.807) is 13.0 Å². The molecule has 0 unspecified atom stereocenters. The van der Waals surface area contributed by atoms with Crippen molar-refractivity contribution in [3.8, 4) is 5.75 Å². The fraction of sp³-hybridized carbons (Fsp3) is 0.310. The summed E-state index contributed by atoms with van der Waals surface area (Å²) in [6.07, 6.45) is 0. The molecule has 11 heteroatoms. The molecular formula is C29H33BrFN3O5S. The van der Waals surface area contributed by atoms with Crippen molar-refractivity contribution in [3.05, 3.63) is 88.6 Å². The molecule has 0 spiro atoms. The molecule has 0 saturated heterocycles. The van der Waals surface area contributed by atoms with E-state index in [2.05, 4.69) is 21.2 Å². The molecule has 40 heavy (non-hydrogen) atoms. The molecule has 0 aliphatic rings. The van der Waals surface area contributed by atoms with Crippen LogP contribution in [0.15, 0.2) is 82.2 Å². The van der Waals surface area contributed by atoms with Gasteiger partial charge in [-0.2, -0.15) is 0 Å². The Kier molecular flexibility index (Phi) is 9.96. The van der Waals surface area contributed by atoms with E-state index in [-0.39, 0.29) is 23.0 Å². The van der Waals surface area contributed by atoms with E-state index < -0.39 is 39.9 Å². The first-order valence-corrected chi connectivity index (χ1v) is 14.7. The van der Waals surface area contributed by atoms with Crippen molar-refractivity contribution in [2.75, 3.05) is 18.0 Å². The molecule has 0 aliphatic heterocycles. The van der Waals surface area contributed by atoms with Crippen molar-refractivity contribution >= 4 is 43.5 Å². The molecule has 214 valence electrons. The topological polar surface area (TPSA) is 96.0 Å². The molecule has 3 rings (SSSR count). The van der Waals surface area contributed by atoms with Crippen LogP contribution in [-0.2, 0) is 26.2 Å². The quantitative estimate of drug-likeness (QED) is 0.334. The lowest BCUT2D eigenvalue weighted by molar-refractivity contribution is -0.140. The molecule has 0 aromatic heterocycles. The van der Waals surface area contributed by atoms with Crippen molar-refractivity contribution in [1.29, 1.82) is 0 Å². The highest BCUT2D eigenvalue weighted by molar-refractivity contribution is 9.10. The monoisotopic (exact) mass is 633 g/mol. The standard InChI is InChI=1S/C29H33BrFN3O5S/c1-20(28(36)32-29(2,3)4)33(18-21-7-6-8-22(30)17-21)27(35)19-34(24-11-9-23(31)10-12-24)40(37,38)26-15-13-25(39-5)14-16-26/h6-17,20H,18-19H2,1-5H3,(H,32,36)/t20-/m0/s1. The Bertz CT molecular complexity index is 1440. The maximum atomic E-state index is 13.9. The van der Waals surface area contributed by atoms with Crippen LogP contribution in [0.4, 0.5) is 10.1 Å². The number of methoxy groups -OCH3 is 1. The van der Waals surface area contributed by atoms with Crippen LogP contribution in [0.5, 0.6) is 5.75 Å². The number of nitrogens with one attached hydrogen (secondary N) is 1. The molecule has 0 bridgehead atoms. The summed E-state index contributed by atoms with van der Waals surface area (Å²) < 4.78 is 48.2. The number of anilines is 1. The van der Waals surface area contributed by atoms with E-state index in [0.29, 0.717) is 5.75 Å². The smallest absolute Gasteiger partial charge is 0.264 e. The van der Waals surface area contributed by atoms with E-state index in [1.807, 2.05) is 39.0 Å². The third-order valence-electron chi connectivity index (χ3n) is 5.95. The van der Waals surface area contributed by atoms with Gasteiger partial charge in [0, 0.05) is 16.6 Å². The number of hydrogen-bond donors (Lipinski definition) is 1. The predicted molar refractivity (Wildman–Crippen MR) is 156 cm³/mol. The van der Waals surface area contributed by atoms with Gasteiger partial charge in [-0.1, -0.05) is 28.1 Å². The van der Waals surface area contributed by atoms with Crippen LogP contribution in [0.3, 0.4) is 0 Å². The molecule has 3 aromatic carbocycles. The van der Waals surface area contributed by atoms with Crippen LogP contribution < -0.4 is 14.4 Å². The van der Waals surface area contributed by atoms with Gasteiger partial charge in [0.05, 0.1) is 17.7 Å². The molecule has 0 fully saturated rings. The van der Waals surface area contributed by atoms with Crippen LogP contribution in [0.2, 0.25) is 0 Å². The lowest BCUT2D eigenvalue weighted by Crippen LogP contribution is -2.54. The van der Waals surface area contributed by atoms with Crippen LogP contribution in [0, 0.1) is 5.82 Å². The maximum absolute atomic E-state index is 13.9. The third kappa shape index (κ3) is 8.04. The van der Waals surface area contributed by atoms with Gasteiger partial charge in [-0.05, 0) is 93.9 Å². The lowest BCUT2D eigenvalue weighted by Gasteiger charge is -2.33. The summed E-state index contributed by atoms with van der Waals surface area (Å²) in [6.45, 7) is 6.51.